The molecule has 5 nitrogen and oxygen atoms in total. The van der Waals surface area contributed by atoms with Crippen molar-refractivity contribution in [2.24, 2.45) is 0 Å². The average Bonchev–Trinajstić information content (AvgIpc) is 2.52. The predicted molar refractivity (Wildman–Crippen MR) is 84.7 cm³/mol. The topological polar surface area (TPSA) is 64.6 Å². The van der Waals surface area contributed by atoms with E-state index in [0.717, 1.165) is 6.07 Å². The maximum Gasteiger partial charge on any atom is 0.241 e. The number of halogens is 1. The molecule has 0 bridgehead atoms. The Kier molecular flexibility index (Phi) is 5.23. The smallest absolute Gasteiger partial charge is 0.241 e. The number of aryl methyl sites for hydroxylation is 1. The van der Waals surface area contributed by atoms with Crippen LogP contribution in [-0.4, -0.2) is 22.6 Å². The zero-order chi connectivity index (χ0) is 17.0. The minimum Gasteiger partial charge on any atom is -0.497 e. The van der Waals surface area contributed by atoms with Crippen molar-refractivity contribution in [1.29, 1.82) is 0 Å². The van der Waals surface area contributed by atoms with Crippen LogP contribution in [-0.2, 0) is 16.6 Å². The molecule has 2 aromatic carbocycles. The molecular weight excluding hydrogens is 321 g/mol. The molecule has 2 rings (SSSR count). The van der Waals surface area contributed by atoms with Crippen LogP contribution in [0.5, 0.6) is 11.5 Å². The maximum atomic E-state index is 13.1. The van der Waals surface area contributed by atoms with Crippen LogP contribution in [0.25, 0.3) is 0 Å². The van der Waals surface area contributed by atoms with Gasteiger partial charge in [0.15, 0.2) is 0 Å². The number of rotatable bonds is 6. The molecule has 0 fully saturated rings. The third-order valence-corrected chi connectivity index (χ3v) is 4.93. The summed E-state index contributed by atoms with van der Waals surface area (Å²) in [7, 11) is -0.717. The number of methoxy groups -OCH3 is 2. The van der Waals surface area contributed by atoms with Crippen molar-refractivity contribution in [2.75, 3.05) is 14.2 Å². The fraction of sp³-hybridized carbons (Fsp3) is 0.250. The van der Waals surface area contributed by atoms with Crippen LogP contribution < -0.4 is 14.2 Å². The van der Waals surface area contributed by atoms with E-state index >= 15 is 0 Å². The van der Waals surface area contributed by atoms with Crippen LogP contribution >= 0.6 is 0 Å². The van der Waals surface area contributed by atoms with Gasteiger partial charge in [-0.3, -0.25) is 0 Å². The van der Waals surface area contributed by atoms with Gasteiger partial charge >= 0.3 is 0 Å². The molecule has 124 valence electrons. The molecule has 7 heteroatoms. The highest BCUT2D eigenvalue weighted by Gasteiger charge is 2.18. The minimum atomic E-state index is -3.75. The van der Waals surface area contributed by atoms with E-state index in [1.54, 1.807) is 25.1 Å². The maximum absolute atomic E-state index is 13.1. The number of hydrogen-bond donors (Lipinski definition) is 1. The highest BCUT2D eigenvalue weighted by molar-refractivity contribution is 7.89. The Morgan fingerprint density at radius 2 is 1.83 bits per heavy atom. The van der Waals surface area contributed by atoms with E-state index in [9.17, 15) is 12.8 Å². The molecule has 0 unspecified atom stereocenters. The molecule has 0 aliphatic carbocycles. The summed E-state index contributed by atoms with van der Waals surface area (Å²) >= 11 is 0. The van der Waals surface area contributed by atoms with Gasteiger partial charge in [-0.1, -0.05) is 6.07 Å². The van der Waals surface area contributed by atoms with Gasteiger partial charge in [-0.05, 0) is 36.8 Å². The predicted octanol–water partition coefficient (Wildman–Crippen LogP) is 2.63. The third kappa shape index (κ3) is 4.00. The Morgan fingerprint density at radius 3 is 2.43 bits per heavy atom. The van der Waals surface area contributed by atoms with Gasteiger partial charge in [-0.2, -0.15) is 0 Å². The fourth-order valence-corrected chi connectivity index (χ4v) is 3.39. The zero-order valence-corrected chi connectivity index (χ0v) is 13.9. The van der Waals surface area contributed by atoms with Crippen molar-refractivity contribution in [2.45, 2.75) is 18.4 Å². The monoisotopic (exact) mass is 339 g/mol. The average molecular weight is 339 g/mol. The van der Waals surface area contributed by atoms with Gasteiger partial charge in [0, 0.05) is 18.2 Å². The lowest BCUT2D eigenvalue weighted by molar-refractivity contribution is 0.390. The SMILES string of the molecule is COc1ccc(CNS(=O)(=O)c2ccc(F)cc2C)c(OC)c1. The quantitative estimate of drug-likeness (QED) is 0.879. The number of hydrogen-bond acceptors (Lipinski definition) is 4. The summed E-state index contributed by atoms with van der Waals surface area (Å²) in [5.41, 5.74) is 1.01. The van der Waals surface area contributed by atoms with Crippen molar-refractivity contribution in [3.8, 4) is 11.5 Å². The molecule has 0 saturated carbocycles. The molecule has 0 spiro atoms. The molecule has 0 amide bonds. The second-order valence-electron chi connectivity index (χ2n) is 4.91. The second kappa shape index (κ2) is 6.97. The third-order valence-electron chi connectivity index (χ3n) is 3.37. The molecule has 1 N–H and O–H groups in total. The first kappa shape index (κ1) is 17.2. The van der Waals surface area contributed by atoms with E-state index < -0.39 is 15.8 Å². The number of sulfonamides is 1. The first-order chi connectivity index (χ1) is 10.9. The van der Waals surface area contributed by atoms with Gasteiger partial charge in [0.05, 0.1) is 19.1 Å². The first-order valence-electron chi connectivity index (χ1n) is 6.84. The fourth-order valence-electron chi connectivity index (χ4n) is 2.16. The largest absolute Gasteiger partial charge is 0.497 e. The molecule has 2 aromatic rings. The summed E-state index contributed by atoms with van der Waals surface area (Å²) in [6.45, 7) is 1.60. The van der Waals surface area contributed by atoms with Crippen LogP contribution in [0.3, 0.4) is 0 Å². The van der Waals surface area contributed by atoms with E-state index in [0.29, 0.717) is 22.6 Å². The van der Waals surface area contributed by atoms with Crippen molar-refractivity contribution in [1.82, 2.24) is 4.72 Å². The molecule has 0 atom stereocenters. The lowest BCUT2D eigenvalue weighted by Gasteiger charge is -2.12. The van der Waals surface area contributed by atoms with Gasteiger partial charge in [0.1, 0.15) is 17.3 Å². The number of ether oxygens (including phenoxy) is 2. The van der Waals surface area contributed by atoms with Gasteiger partial charge in [-0.25, -0.2) is 17.5 Å². The van der Waals surface area contributed by atoms with Crippen molar-refractivity contribution >= 4 is 10.0 Å². The Bertz CT molecular complexity index is 806. The Hall–Kier alpha value is -2.12. The van der Waals surface area contributed by atoms with E-state index in [-0.39, 0.29) is 11.4 Å². The zero-order valence-electron chi connectivity index (χ0n) is 13.1. The van der Waals surface area contributed by atoms with Gasteiger partial charge in [0.2, 0.25) is 10.0 Å². The molecule has 0 aromatic heterocycles. The van der Waals surface area contributed by atoms with Crippen LogP contribution in [0, 0.1) is 12.7 Å². The Morgan fingerprint density at radius 1 is 1.09 bits per heavy atom. The highest BCUT2D eigenvalue weighted by atomic mass is 32.2. The summed E-state index contributed by atoms with van der Waals surface area (Å²) in [4.78, 5) is 0.0476. The standard InChI is InChI=1S/C16H18FNO4S/c1-11-8-13(17)5-7-16(11)23(19,20)18-10-12-4-6-14(21-2)9-15(12)22-3/h4-9,18H,10H2,1-3H3. The van der Waals surface area contributed by atoms with Crippen molar-refractivity contribution in [3.05, 3.63) is 53.3 Å². The molecule has 23 heavy (non-hydrogen) atoms. The van der Waals surface area contributed by atoms with E-state index in [4.69, 9.17) is 9.47 Å². The Balaban J connectivity index is 2.22. The lowest BCUT2D eigenvalue weighted by atomic mass is 10.2. The summed E-state index contributed by atoms with van der Waals surface area (Å²) in [5.74, 6) is 0.656. The molecule has 0 heterocycles. The molecule has 0 aliphatic rings. The van der Waals surface area contributed by atoms with Crippen LogP contribution in [0.15, 0.2) is 41.3 Å². The minimum absolute atomic E-state index is 0.0476. The van der Waals surface area contributed by atoms with E-state index in [1.165, 1.54) is 26.4 Å². The van der Waals surface area contributed by atoms with Crippen molar-refractivity contribution in [3.63, 3.8) is 0 Å². The summed E-state index contributed by atoms with van der Waals surface area (Å²) in [6, 6.07) is 8.66. The van der Waals surface area contributed by atoms with Crippen LogP contribution in [0.1, 0.15) is 11.1 Å². The number of nitrogens with one attached hydrogen (secondary N) is 1. The Labute approximate surface area is 135 Å². The molecule has 0 aliphatic heterocycles. The van der Waals surface area contributed by atoms with Gasteiger partial charge in [0.25, 0.3) is 0 Å². The van der Waals surface area contributed by atoms with Crippen LogP contribution in [0.4, 0.5) is 4.39 Å². The van der Waals surface area contributed by atoms with Gasteiger partial charge < -0.3 is 9.47 Å². The molecular formula is C16H18FNO4S. The molecule has 0 radical (unpaired) electrons. The summed E-state index contributed by atoms with van der Waals surface area (Å²) < 4.78 is 50.7. The summed E-state index contributed by atoms with van der Waals surface area (Å²) in [5, 5.41) is 0. The van der Waals surface area contributed by atoms with E-state index in [2.05, 4.69) is 4.72 Å². The van der Waals surface area contributed by atoms with Crippen molar-refractivity contribution < 1.29 is 22.3 Å². The normalized spacial score (nSPS) is 11.3. The number of benzene rings is 2. The molecule has 0 saturated heterocycles. The summed E-state index contributed by atoms with van der Waals surface area (Å²) in [6.07, 6.45) is 0. The highest BCUT2D eigenvalue weighted by Crippen LogP contribution is 2.25. The van der Waals surface area contributed by atoms with Gasteiger partial charge in [-0.15, -0.1) is 0 Å². The first-order valence-corrected chi connectivity index (χ1v) is 8.32. The lowest BCUT2D eigenvalue weighted by Crippen LogP contribution is -2.24. The van der Waals surface area contributed by atoms with E-state index in [1.807, 2.05) is 0 Å². The second-order valence-corrected chi connectivity index (χ2v) is 6.65. The van der Waals surface area contributed by atoms with Crippen LogP contribution in [0.2, 0.25) is 0 Å².